The van der Waals surface area contributed by atoms with Crippen molar-refractivity contribution in [3.05, 3.63) is 23.8 Å². The molecular weight excluding hydrogens is 264 g/mol. The van der Waals surface area contributed by atoms with Gasteiger partial charge >= 0.3 is 0 Å². The summed E-state index contributed by atoms with van der Waals surface area (Å²) in [6.07, 6.45) is 3.62. The van der Waals surface area contributed by atoms with Gasteiger partial charge in [0.2, 0.25) is 0 Å². The van der Waals surface area contributed by atoms with E-state index in [1.54, 1.807) is 7.11 Å². The molecule has 4 heteroatoms. The number of hydrogen-bond donors (Lipinski definition) is 1. The number of fused-ring (bicyclic) bond motifs is 3. The third-order valence-electron chi connectivity index (χ3n) is 4.76. The Kier molecular flexibility index (Phi) is 4.66. The zero-order valence-corrected chi connectivity index (χ0v) is 12.9. The van der Waals surface area contributed by atoms with Crippen molar-refractivity contribution < 1.29 is 9.47 Å². The van der Waals surface area contributed by atoms with Gasteiger partial charge in [0.05, 0.1) is 13.7 Å². The maximum absolute atomic E-state index is 5.95. The van der Waals surface area contributed by atoms with E-state index in [0.29, 0.717) is 11.8 Å². The van der Waals surface area contributed by atoms with Crippen LogP contribution in [0.15, 0.2) is 18.2 Å². The third kappa shape index (κ3) is 3.01. The first kappa shape index (κ1) is 14.7. The molecule has 1 saturated heterocycles. The van der Waals surface area contributed by atoms with Gasteiger partial charge in [-0.2, -0.15) is 0 Å². The number of nitrogens with two attached hydrogens (primary N) is 1. The van der Waals surface area contributed by atoms with E-state index in [1.807, 2.05) is 6.07 Å². The molecule has 3 rings (SSSR count). The lowest BCUT2D eigenvalue weighted by Crippen LogP contribution is -2.25. The highest BCUT2D eigenvalue weighted by molar-refractivity contribution is 5.49. The lowest BCUT2D eigenvalue weighted by molar-refractivity contribution is 0.209. The predicted octanol–water partition coefficient (Wildman–Crippen LogP) is 2.23. The van der Waals surface area contributed by atoms with Crippen molar-refractivity contribution in [3.63, 3.8) is 0 Å². The van der Waals surface area contributed by atoms with Gasteiger partial charge in [0.15, 0.2) is 0 Å². The molecule has 2 atom stereocenters. The lowest BCUT2D eigenvalue weighted by Gasteiger charge is -2.29. The van der Waals surface area contributed by atoms with Crippen LogP contribution in [0.4, 0.5) is 0 Å². The quantitative estimate of drug-likeness (QED) is 0.816. The average Bonchev–Trinajstić information content (AvgIpc) is 2.94. The highest BCUT2D eigenvalue weighted by Gasteiger charge is 2.40. The fraction of sp³-hybridized carbons (Fsp3) is 0.647. The number of methoxy groups -OCH3 is 1. The van der Waals surface area contributed by atoms with Crippen molar-refractivity contribution >= 4 is 0 Å². The molecule has 2 heterocycles. The number of nitrogens with zero attached hydrogens (tertiary/aromatic N) is 1. The zero-order chi connectivity index (χ0) is 14.7. The molecule has 0 unspecified atom stereocenters. The molecule has 2 N–H and O–H groups in total. The van der Waals surface area contributed by atoms with Gasteiger partial charge in [-0.05, 0) is 38.1 Å². The van der Waals surface area contributed by atoms with Gasteiger partial charge in [0.25, 0.3) is 0 Å². The van der Waals surface area contributed by atoms with Gasteiger partial charge in [-0.3, -0.25) is 0 Å². The van der Waals surface area contributed by atoms with Crippen molar-refractivity contribution in [3.8, 4) is 11.5 Å². The molecule has 1 aromatic rings. The number of unbranched alkanes of at least 4 members (excludes halogenated alkanes) is 2. The number of likely N-dealkylation sites (tertiary alicyclic amines) is 1. The molecule has 116 valence electrons. The Hall–Kier alpha value is -1.26. The summed E-state index contributed by atoms with van der Waals surface area (Å²) >= 11 is 0. The molecule has 0 aromatic heterocycles. The second-order valence-corrected chi connectivity index (χ2v) is 6.16. The Labute approximate surface area is 127 Å². The first-order valence-electron chi connectivity index (χ1n) is 8.05. The molecule has 4 nitrogen and oxygen atoms in total. The van der Waals surface area contributed by atoms with Crippen LogP contribution in [0.25, 0.3) is 0 Å². The van der Waals surface area contributed by atoms with E-state index in [2.05, 4.69) is 17.0 Å². The van der Waals surface area contributed by atoms with Crippen LogP contribution in [0.2, 0.25) is 0 Å². The fourth-order valence-electron chi connectivity index (χ4n) is 3.69. The zero-order valence-electron chi connectivity index (χ0n) is 12.9. The summed E-state index contributed by atoms with van der Waals surface area (Å²) in [6, 6.07) is 6.13. The van der Waals surface area contributed by atoms with Crippen LogP contribution >= 0.6 is 0 Å². The summed E-state index contributed by atoms with van der Waals surface area (Å²) in [4.78, 5) is 2.58. The number of ether oxygens (including phenoxy) is 2. The summed E-state index contributed by atoms with van der Waals surface area (Å²) in [5.74, 6) is 3.15. The molecule has 0 bridgehead atoms. The van der Waals surface area contributed by atoms with Crippen molar-refractivity contribution in [2.75, 3.05) is 39.9 Å². The van der Waals surface area contributed by atoms with Crippen LogP contribution in [0.1, 0.15) is 30.7 Å². The molecule has 1 aromatic carbocycles. The third-order valence-corrected chi connectivity index (χ3v) is 4.76. The SMILES string of the molecule is COc1cccc2c1[C@@H]1CN(CCCCCN)C[C@H]1CO2. The number of rotatable bonds is 6. The highest BCUT2D eigenvalue weighted by atomic mass is 16.5. The van der Waals surface area contributed by atoms with Crippen LogP contribution in [0.5, 0.6) is 11.5 Å². The Morgan fingerprint density at radius 1 is 1.29 bits per heavy atom. The predicted molar refractivity (Wildman–Crippen MR) is 84.1 cm³/mol. The van der Waals surface area contributed by atoms with Gasteiger partial charge in [0, 0.05) is 30.5 Å². The minimum Gasteiger partial charge on any atom is -0.496 e. The molecule has 21 heavy (non-hydrogen) atoms. The van der Waals surface area contributed by atoms with E-state index in [4.69, 9.17) is 15.2 Å². The summed E-state index contributed by atoms with van der Waals surface area (Å²) < 4.78 is 11.5. The van der Waals surface area contributed by atoms with E-state index in [0.717, 1.165) is 44.2 Å². The number of benzene rings is 1. The van der Waals surface area contributed by atoms with Gasteiger partial charge in [-0.15, -0.1) is 0 Å². The van der Waals surface area contributed by atoms with Crippen LogP contribution < -0.4 is 15.2 Å². The van der Waals surface area contributed by atoms with Crippen molar-refractivity contribution in [2.45, 2.75) is 25.2 Å². The van der Waals surface area contributed by atoms with Gasteiger partial charge < -0.3 is 20.1 Å². The Morgan fingerprint density at radius 3 is 3.00 bits per heavy atom. The minimum atomic E-state index is 0.555. The molecule has 2 aliphatic heterocycles. The van der Waals surface area contributed by atoms with E-state index in [9.17, 15) is 0 Å². The van der Waals surface area contributed by atoms with Crippen molar-refractivity contribution in [2.24, 2.45) is 11.7 Å². The van der Waals surface area contributed by atoms with Crippen molar-refractivity contribution in [1.29, 1.82) is 0 Å². The van der Waals surface area contributed by atoms with Gasteiger partial charge in [-0.25, -0.2) is 0 Å². The Morgan fingerprint density at radius 2 is 2.19 bits per heavy atom. The van der Waals surface area contributed by atoms with Crippen molar-refractivity contribution in [1.82, 2.24) is 4.90 Å². The molecule has 0 radical (unpaired) electrons. The summed E-state index contributed by atoms with van der Waals surface area (Å²) in [5, 5.41) is 0. The molecule has 0 saturated carbocycles. The van der Waals surface area contributed by atoms with Gasteiger partial charge in [0.1, 0.15) is 11.5 Å². The fourth-order valence-corrected chi connectivity index (χ4v) is 3.69. The van der Waals surface area contributed by atoms with Crippen LogP contribution in [0, 0.1) is 5.92 Å². The average molecular weight is 290 g/mol. The monoisotopic (exact) mass is 290 g/mol. The number of hydrogen-bond acceptors (Lipinski definition) is 4. The first-order chi connectivity index (χ1) is 10.3. The second kappa shape index (κ2) is 6.67. The maximum Gasteiger partial charge on any atom is 0.126 e. The van der Waals surface area contributed by atoms with E-state index >= 15 is 0 Å². The largest absolute Gasteiger partial charge is 0.496 e. The summed E-state index contributed by atoms with van der Waals surface area (Å²) in [5.41, 5.74) is 6.84. The molecule has 0 spiro atoms. The smallest absolute Gasteiger partial charge is 0.126 e. The second-order valence-electron chi connectivity index (χ2n) is 6.16. The Bertz CT molecular complexity index is 464. The van der Waals surface area contributed by atoms with E-state index in [1.165, 1.54) is 24.9 Å². The van der Waals surface area contributed by atoms with Gasteiger partial charge in [-0.1, -0.05) is 12.5 Å². The summed E-state index contributed by atoms with van der Waals surface area (Å²) in [7, 11) is 1.75. The van der Waals surface area contributed by atoms with Crippen LogP contribution in [0.3, 0.4) is 0 Å². The normalized spacial score (nSPS) is 24.3. The highest BCUT2D eigenvalue weighted by Crippen LogP contribution is 2.45. The lowest BCUT2D eigenvalue weighted by atomic mass is 9.86. The molecular formula is C17H26N2O2. The standard InChI is InChI=1S/C17H26N2O2/c1-20-15-6-5-7-16-17(15)14-11-19(9-4-2-3-8-18)10-13(14)12-21-16/h5-7,13-14H,2-4,8-12,18H2,1H3/t13-,14+/m0/s1. The van der Waals surface area contributed by atoms with Crippen LogP contribution in [-0.4, -0.2) is 44.8 Å². The Balaban J connectivity index is 1.68. The summed E-state index contributed by atoms with van der Waals surface area (Å²) in [6.45, 7) is 5.10. The maximum atomic E-state index is 5.95. The topological polar surface area (TPSA) is 47.7 Å². The molecule has 2 aliphatic rings. The van der Waals surface area contributed by atoms with E-state index in [-0.39, 0.29) is 0 Å². The van der Waals surface area contributed by atoms with E-state index < -0.39 is 0 Å². The van der Waals surface area contributed by atoms with Crippen LogP contribution in [-0.2, 0) is 0 Å². The first-order valence-corrected chi connectivity index (χ1v) is 8.05. The molecule has 0 amide bonds. The molecule has 1 fully saturated rings. The molecule has 0 aliphatic carbocycles. The minimum absolute atomic E-state index is 0.555.